The summed E-state index contributed by atoms with van der Waals surface area (Å²) in [5.74, 6) is 0.505. The van der Waals surface area contributed by atoms with Gasteiger partial charge in [0.05, 0.1) is 6.10 Å². The highest BCUT2D eigenvalue weighted by atomic mass is 35.5. The van der Waals surface area contributed by atoms with E-state index in [-0.39, 0.29) is 29.9 Å². The van der Waals surface area contributed by atoms with E-state index in [4.69, 9.17) is 23.2 Å². The molecule has 0 aromatic heterocycles. The molecule has 2 aliphatic rings. The van der Waals surface area contributed by atoms with Crippen LogP contribution in [0.5, 0.6) is 0 Å². The molecule has 1 amide bonds. The number of hydrogen-bond acceptors (Lipinski definition) is 2. The fraction of sp³-hybridized carbons (Fsp3) is 0.588. The SMILES string of the molecule is CC(O)CC1CCCN1C(=O)C1CC1c1cc(Cl)cc(Cl)c1. The Bertz CT molecular complexity index is 556. The van der Waals surface area contributed by atoms with Gasteiger partial charge in [-0.15, -0.1) is 0 Å². The first-order valence-electron chi connectivity index (χ1n) is 7.90. The van der Waals surface area contributed by atoms with Gasteiger partial charge in [0.2, 0.25) is 5.91 Å². The highest BCUT2D eigenvalue weighted by molar-refractivity contribution is 6.34. The highest BCUT2D eigenvalue weighted by Gasteiger charge is 2.47. The molecule has 1 saturated carbocycles. The molecule has 22 heavy (non-hydrogen) atoms. The summed E-state index contributed by atoms with van der Waals surface area (Å²) in [5.41, 5.74) is 1.06. The highest BCUT2D eigenvalue weighted by Crippen LogP contribution is 2.50. The minimum atomic E-state index is -0.361. The van der Waals surface area contributed by atoms with Crippen molar-refractivity contribution in [1.29, 1.82) is 0 Å². The molecule has 3 nitrogen and oxygen atoms in total. The monoisotopic (exact) mass is 341 g/mol. The molecule has 4 atom stereocenters. The lowest BCUT2D eigenvalue weighted by Gasteiger charge is -2.26. The van der Waals surface area contributed by atoms with Gasteiger partial charge in [-0.3, -0.25) is 4.79 Å². The van der Waals surface area contributed by atoms with Gasteiger partial charge in [0.25, 0.3) is 0 Å². The second kappa shape index (κ2) is 6.38. The number of carbonyl (C=O) groups excluding carboxylic acids is 1. The van der Waals surface area contributed by atoms with Crippen LogP contribution in [0.25, 0.3) is 0 Å². The van der Waals surface area contributed by atoms with Gasteiger partial charge in [0, 0.05) is 28.5 Å². The molecule has 1 heterocycles. The van der Waals surface area contributed by atoms with E-state index in [9.17, 15) is 9.90 Å². The van der Waals surface area contributed by atoms with Crippen LogP contribution in [0.15, 0.2) is 18.2 Å². The van der Waals surface area contributed by atoms with Crippen molar-refractivity contribution in [1.82, 2.24) is 4.90 Å². The molecule has 1 aromatic rings. The van der Waals surface area contributed by atoms with Crippen molar-refractivity contribution in [2.24, 2.45) is 5.92 Å². The van der Waals surface area contributed by atoms with Crippen LogP contribution in [0.3, 0.4) is 0 Å². The first kappa shape index (κ1) is 16.1. The molecular formula is C17H21Cl2NO2. The van der Waals surface area contributed by atoms with E-state index in [1.165, 1.54) is 0 Å². The van der Waals surface area contributed by atoms with Gasteiger partial charge in [-0.2, -0.15) is 0 Å². The van der Waals surface area contributed by atoms with Crippen molar-refractivity contribution < 1.29 is 9.90 Å². The zero-order valence-electron chi connectivity index (χ0n) is 12.6. The summed E-state index contributed by atoms with van der Waals surface area (Å²) < 4.78 is 0. The van der Waals surface area contributed by atoms with E-state index in [1.807, 2.05) is 17.0 Å². The number of benzene rings is 1. The number of carbonyl (C=O) groups is 1. The number of aliphatic hydroxyl groups excluding tert-OH is 1. The summed E-state index contributed by atoms with van der Waals surface area (Å²) in [6, 6.07) is 5.72. The Labute approximate surface area is 141 Å². The van der Waals surface area contributed by atoms with Gasteiger partial charge in [-0.25, -0.2) is 0 Å². The average molecular weight is 342 g/mol. The number of aliphatic hydroxyl groups is 1. The molecule has 2 fully saturated rings. The fourth-order valence-electron chi connectivity index (χ4n) is 3.60. The average Bonchev–Trinajstić information content (AvgIpc) is 3.10. The lowest BCUT2D eigenvalue weighted by atomic mass is 10.1. The van der Waals surface area contributed by atoms with Crippen LogP contribution < -0.4 is 0 Å². The smallest absolute Gasteiger partial charge is 0.226 e. The largest absolute Gasteiger partial charge is 0.393 e. The predicted octanol–water partition coefficient (Wildman–Crippen LogP) is 3.86. The molecule has 1 aliphatic heterocycles. The first-order valence-corrected chi connectivity index (χ1v) is 8.66. The molecule has 4 unspecified atom stereocenters. The second-order valence-electron chi connectivity index (χ2n) is 6.56. The van der Waals surface area contributed by atoms with Gasteiger partial charge < -0.3 is 10.0 Å². The number of likely N-dealkylation sites (tertiary alicyclic amines) is 1. The Morgan fingerprint density at radius 1 is 1.36 bits per heavy atom. The van der Waals surface area contributed by atoms with Gasteiger partial charge in [-0.05, 0) is 62.3 Å². The molecule has 0 spiro atoms. The van der Waals surface area contributed by atoms with E-state index >= 15 is 0 Å². The standard InChI is InChI=1S/C17H21Cl2NO2/c1-10(21)5-14-3-2-4-20(14)17(22)16-9-15(16)11-6-12(18)8-13(19)7-11/h6-8,10,14-16,21H,2-5,9H2,1H3. The van der Waals surface area contributed by atoms with Crippen LogP contribution in [0.4, 0.5) is 0 Å². The van der Waals surface area contributed by atoms with Crippen LogP contribution in [0.1, 0.15) is 44.1 Å². The van der Waals surface area contributed by atoms with Gasteiger partial charge >= 0.3 is 0 Å². The van der Waals surface area contributed by atoms with E-state index in [0.717, 1.165) is 31.4 Å². The van der Waals surface area contributed by atoms with Gasteiger partial charge in [-0.1, -0.05) is 23.2 Å². The topological polar surface area (TPSA) is 40.5 Å². The van der Waals surface area contributed by atoms with E-state index in [0.29, 0.717) is 16.5 Å². The van der Waals surface area contributed by atoms with Crippen molar-refractivity contribution in [2.75, 3.05) is 6.54 Å². The number of halogens is 2. The molecule has 0 bridgehead atoms. The van der Waals surface area contributed by atoms with Crippen molar-refractivity contribution in [3.63, 3.8) is 0 Å². The lowest BCUT2D eigenvalue weighted by molar-refractivity contribution is -0.133. The predicted molar refractivity (Wildman–Crippen MR) is 88.3 cm³/mol. The van der Waals surface area contributed by atoms with Crippen LogP contribution in [0.2, 0.25) is 10.0 Å². The van der Waals surface area contributed by atoms with Gasteiger partial charge in [0.1, 0.15) is 0 Å². The molecular weight excluding hydrogens is 321 g/mol. The summed E-state index contributed by atoms with van der Waals surface area (Å²) in [7, 11) is 0. The zero-order chi connectivity index (χ0) is 15.9. The van der Waals surface area contributed by atoms with Crippen LogP contribution in [-0.4, -0.2) is 34.6 Å². The van der Waals surface area contributed by atoms with Crippen LogP contribution >= 0.6 is 23.2 Å². The summed E-state index contributed by atoms with van der Waals surface area (Å²) in [4.78, 5) is 14.7. The van der Waals surface area contributed by atoms with Gasteiger partial charge in [0.15, 0.2) is 0 Å². The Kier molecular flexibility index (Phi) is 4.67. The van der Waals surface area contributed by atoms with Crippen LogP contribution in [0, 0.1) is 5.92 Å². The fourth-order valence-corrected chi connectivity index (χ4v) is 4.15. The molecule has 1 aliphatic carbocycles. The Morgan fingerprint density at radius 2 is 2.05 bits per heavy atom. The molecule has 120 valence electrons. The first-order chi connectivity index (χ1) is 10.5. The maximum absolute atomic E-state index is 12.7. The third kappa shape index (κ3) is 3.42. The minimum Gasteiger partial charge on any atom is -0.393 e. The maximum atomic E-state index is 12.7. The third-order valence-corrected chi connectivity index (χ3v) is 5.13. The van der Waals surface area contributed by atoms with Crippen molar-refractivity contribution in [2.45, 2.75) is 50.7 Å². The summed E-state index contributed by atoms with van der Waals surface area (Å²) in [5, 5.41) is 10.8. The molecule has 3 rings (SSSR count). The van der Waals surface area contributed by atoms with E-state index < -0.39 is 0 Å². The minimum absolute atomic E-state index is 0.0455. The normalized spacial score (nSPS) is 28.7. The zero-order valence-corrected chi connectivity index (χ0v) is 14.1. The maximum Gasteiger partial charge on any atom is 0.226 e. The van der Waals surface area contributed by atoms with E-state index in [2.05, 4.69) is 0 Å². The number of rotatable bonds is 4. The van der Waals surface area contributed by atoms with E-state index in [1.54, 1.807) is 13.0 Å². The molecule has 1 aromatic carbocycles. The number of hydrogen-bond donors (Lipinski definition) is 1. The van der Waals surface area contributed by atoms with Crippen molar-refractivity contribution in [3.8, 4) is 0 Å². The molecule has 1 saturated heterocycles. The van der Waals surface area contributed by atoms with Crippen molar-refractivity contribution in [3.05, 3.63) is 33.8 Å². The van der Waals surface area contributed by atoms with Crippen LogP contribution in [-0.2, 0) is 4.79 Å². The Balaban J connectivity index is 1.67. The number of amides is 1. The third-order valence-electron chi connectivity index (χ3n) is 4.69. The summed E-state index contributed by atoms with van der Waals surface area (Å²) in [6.45, 7) is 2.60. The summed E-state index contributed by atoms with van der Waals surface area (Å²) >= 11 is 12.1. The quantitative estimate of drug-likeness (QED) is 0.903. The molecule has 1 N–H and O–H groups in total. The number of nitrogens with zero attached hydrogens (tertiary/aromatic N) is 1. The van der Waals surface area contributed by atoms with Crippen molar-refractivity contribution >= 4 is 29.1 Å². The molecule has 0 radical (unpaired) electrons. The Hall–Kier alpha value is -0.770. The summed E-state index contributed by atoms with van der Waals surface area (Å²) in [6.07, 6.45) is 3.21. The lowest BCUT2D eigenvalue weighted by Crippen LogP contribution is -2.38. The Morgan fingerprint density at radius 3 is 2.68 bits per heavy atom. The second-order valence-corrected chi connectivity index (χ2v) is 7.44. The molecule has 5 heteroatoms.